The molecule has 0 aliphatic heterocycles. The maximum atomic E-state index is 9.67. The van der Waals surface area contributed by atoms with Crippen LogP contribution in [0.25, 0.3) is 0 Å². The van der Waals surface area contributed by atoms with Gasteiger partial charge in [0.2, 0.25) is 11.7 Å². The predicted molar refractivity (Wildman–Crippen MR) is 72.2 cm³/mol. The van der Waals surface area contributed by atoms with Gasteiger partial charge in [-0.3, -0.25) is 0 Å². The Hall–Kier alpha value is -0.980. The second-order valence-corrected chi connectivity index (χ2v) is 5.41. The van der Waals surface area contributed by atoms with E-state index in [0.717, 1.165) is 12.8 Å². The van der Waals surface area contributed by atoms with Crippen molar-refractivity contribution < 1.29 is 19.1 Å². The molecule has 0 radical (unpaired) electrons. The molecule has 2 unspecified atom stereocenters. The van der Waals surface area contributed by atoms with Gasteiger partial charge in [0, 0.05) is 14.2 Å². The highest BCUT2D eigenvalue weighted by atomic mass is 16.5. The van der Waals surface area contributed by atoms with Crippen LogP contribution in [0.1, 0.15) is 49.9 Å². The number of rotatable bonds is 7. The molecule has 1 aromatic rings. The Morgan fingerprint density at radius 2 is 2.05 bits per heavy atom. The smallest absolute Gasteiger partial charge is 0.229 e. The number of hydrogen-bond acceptors (Lipinski definition) is 6. The molecular weight excluding hydrogens is 260 g/mol. The van der Waals surface area contributed by atoms with Gasteiger partial charge in [0.1, 0.15) is 6.10 Å². The van der Waals surface area contributed by atoms with Crippen molar-refractivity contribution in [3.05, 3.63) is 11.7 Å². The Morgan fingerprint density at radius 3 is 2.70 bits per heavy atom. The van der Waals surface area contributed by atoms with Crippen molar-refractivity contribution in [1.82, 2.24) is 10.1 Å². The molecule has 2 atom stereocenters. The van der Waals surface area contributed by atoms with Crippen molar-refractivity contribution in [3.8, 4) is 0 Å². The van der Waals surface area contributed by atoms with E-state index in [2.05, 4.69) is 10.1 Å². The lowest BCUT2D eigenvalue weighted by Crippen LogP contribution is -2.19. The van der Waals surface area contributed by atoms with Gasteiger partial charge in [-0.15, -0.1) is 0 Å². The van der Waals surface area contributed by atoms with E-state index >= 15 is 0 Å². The lowest BCUT2D eigenvalue weighted by atomic mass is 9.85. The second kappa shape index (κ2) is 7.71. The first-order chi connectivity index (χ1) is 9.74. The summed E-state index contributed by atoms with van der Waals surface area (Å²) < 4.78 is 15.6. The van der Waals surface area contributed by atoms with Crippen molar-refractivity contribution in [1.29, 1.82) is 0 Å². The first-order valence-electron chi connectivity index (χ1n) is 7.27. The maximum Gasteiger partial charge on any atom is 0.229 e. The van der Waals surface area contributed by atoms with Gasteiger partial charge >= 0.3 is 0 Å². The standard InChI is InChI=1S/C14H24N2O4/c1-18-9-11(17)8-12-15-14(16-20-12)13(19-2)10-6-4-3-5-7-10/h10-11,13,17H,3-9H2,1-2H3. The second-order valence-electron chi connectivity index (χ2n) is 5.41. The predicted octanol–water partition coefficient (Wildman–Crippen LogP) is 1.89. The summed E-state index contributed by atoms with van der Waals surface area (Å²) in [5.74, 6) is 1.49. The van der Waals surface area contributed by atoms with Crippen LogP contribution in [0, 0.1) is 5.92 Å². The summed E-state index contributed by atoms with van der Waals surface area (Å²) in [7, 11) is 3.24. The minimum Gasteiger partial charge on any atom is -0.390 e. The number of aliphatic hydroxyl groups is 1. The SMILES string of the molecule is COCC(O)Cc1nc(C(OC)C2CCCCC2)no1. The fraction of sp³-hybridized carbons (Fsp3) is 0.857. The zero-order chi connectivity index (χ0) is 14.4. The summed E-state index contributed by atoms with van der Waals surface area (Å²) in [4.78, 5) is 4.36. The molecule has 1 N–H and O–H groups in total. The molecule has 6 nitrogen and oxygen atoms in total. The third kappa shape index (κ3) is 4.01. The van der Waals surface area contributed by atoms with Gasteiger partial charge in [0.15, 0.2) is 0 Å². The lowest BCUT2D eigenvalue weighted by molar-refractivity contribution is 0.0273. The van der Waals surface area contributed by atoms with Crippen LogP contribution in [0.5, 0.6) is 0 Å². The first kappa shape index (κ1) is 15.4. The van der Waals surface area contributed by atoms with Gasteiger partial charge in [-0.1, -0.05) is 24.4 Å². The topological polar surface area (TPSA) is 77.6 Å². The van der Waals surface area contributed by atoms with Crippen LogP contribution in [0.15, 0.2) is 4.52 Å². The van der Waals surface area contributed by atoms with Crippen LogP contribution >= 0.6 is 0 Å². The fourth-order valence-corrected chi connectivity index (χ4v) is 2.86. The van der Waals surface area contributed by atoms with Gasteiger partial charge in [0.25, 0.3) is 0 Å². The molecule has 0 saturated heterocycles. The number of aliphatic hydroxyl groups excluding tert-OH is 1. The average Bonchev–Trinajstić information content (AvgIpc) is 2.89. The van der Waals surface area contributed by atoms with Crippen LogP contribution < -0.4 is 0 Å². The largest absolute Gasteiger partial charge is 0.390 e. The Balaban J connectivity index is 1.98. The van der Waals surface area contributed by atoms with Gasteiger partial charge < -0.3 is 19.1 Å². The summed E-state index contributed by atoms with van der Waals surface area (Å²) >= 11 is 0. The first-order valence-corrected chi connectivity index (χ1v) is 7.27. The molecule has 0 amide bonds. The molecule has 0 aromatic carbocycles. The molecule has 1 aliphatic rings. The Morgan fingerprint density at radius 1 is 1.30 bits per heavy atom. The number of aromatic nitrogens is 2. The molecule has 114 valence electrons. The Labute approximate surface area is 119 Å². The van der Waals surface area contributed by atoms with E-state index in [1.807, 2.05) is 0 Å². The maximum absolute atomic E-state index is 9.67. The Kier molecular flexibility index (Phi) is 5.94. The van der Waals surface area contributed by atoms with Crippen LogP contribution in [0.3, 0.4) is 0 Å². The Bertz CT molecular complexity index is 390. The van der Waals surface area contributed by atoms with Gasteiger partial charge in [-0.05, 0) is 18.8 Å². The zero-order valence-corrected chi connectivity index (χ0v) is 12.2. The molecule has 0 bridgehead atoms. The van der Waals surface area contributed by atoms with Crippen LogP contribution in [0.4, 0.5) is 0 Å². The summed E-state index contributed by atoms with van der Waals surface area (Å²) in [6.07, 6.45) is 5.65. The lowest BCUT2D eigenvalue weighted by Gasteiger charge is -2.26. The third-order valence-corrected chi connectivity index (χ3v) is 3.84. The normalized spacial score (nSPS) is 19.9. The highest BCUT2D eigenvalue weighted by Gasteiger charge is 2.29. The molecule has 1 fully saturated rings. The van der Waals surface area contributed by atoms with Crippen LogP contribution in [-0.4, -0.2) is 42.2 Å². The van der Waals surface area contributed by atoms with E-state index in [0.29, 0.717) is 24.1 Å². The molecule has 6 heteroatoms. The van der Waals surface area contributed by atoms with Crippen molar-refractivity contribution in [2.24, 2.45) is 5.92 Å². The zero-order valence-electron chi connectivity index (χ0n) is 12.2. The van der Waals surface area contributed by atoms with Crippen LogP contribution in [0.2, 0.25) is 0 Å². The van der Waals surface area contributed by atoms with Crippen LogP contribution in [-0.2, 0) is 15.9 Å². The van der Waals surface area contributed by atoms with Gasteiger partial charge in [-0.25, -0.2) is 0 Å². The highest BCUT2D eigenvalue weighted by molar-refractivity contribution is 4.95. The fourth-order valence-electron chi connectivity index (χ4n) is 2.86. The van der Waals surface area contributed by atoms with Crippen molar-refractivity contribution in [3.63, 3.8) is 0 Å². The molecule has 1 aromatic heterocycles. The quantitative estimate of drug-likeness (QED) is 0.824. The summed E-state index contributed by atoms with van der Waals surface area (Å²) in [5, 5.41) is 13.7. The summed E-state index contributed by atoms with van der Waals surface area (Å²) in [6.45, 7) is 0.258. The third-order valence-electron chi connectivity index (χ3n) is 3.84. The van der Waals surface area contributed by atoms with E-state index in [-0.39, 0.29) is 12.7 Å². The van der Waals surface area contributed by atoms with E-state index in [1.54, 1.807) is 14.2 Å². The molecular formula is C14H24N2O4. The minimum atomic E-state index is -0.621. The molecule has 1 heterocycles. The van der Waals surface area contributed by atoms with E-state index in [4.69, 9.17) is 14.0 Å². The van der Waals surface area contributed by atoms with E-state index < -0.39 is 6.10 Å². The molecule has 2 rings (SSSR count). The molecule has 20 heavy (non-hydrogen) atoms. The van der Waals surface area contributed by atoms with E-state index in [1.165, 1.54) is 19.3 Å². The average molecular weight is 284 g/mol. The van der Waals surface area contributed by atoms with Crippen molar-refractivity contribution in [2.75, 3.05) is 20.8 Å². The monoisotopic (exact) mass is 284 g/mol. The van der Waals surface area contributed by atoms with Crippen molar-refractivity contribution in [2.45, 2.75) is 50.7 Å². The number of hydrogen-bond donors (Lipinski definition) is 1. The summed E-state index contributed by atoms with van der Waals surface area (Å²) in [5.41, 5.74) is 0. The number of ether oxygens (including phenoxy) is 2. The number of nitrogens with zero attached hydrogens (tertiary/aromatic N) is 2. The molecule has 1 aliphatic carbocycles. The minimum absolute atomic E-state index is 0.104. The van der Waals surface area contributed by atoms with Gasteiger partial charge in [-0.2, -0.15) is 4.98 Å². The molecule has 0 spiro atoms. The van der Waals surface area contributed by atoms with Crippen molar-refractivity contribution >= 4 is 0 Å². The number of methoxy groups -OCH3 is 2. The highest BCUT2D eigenvalue weighted by Crippen LogP contribution is 2.35. The molecule has 1 saturated carbocycles. The summed E-state index contributed by atoms with van der Waals surface area (Å²) in [6, 6.07) is 0. The van der Waals surface area contributed by atoms with E-state index in [9.17, 15) is 5.11 Å². The van der Waals surface area contributed by atoms with Gasteiger partial charge in [0.05, 0.1) is 19.1 Å².